The number of hydrogen-bond donors (Lipinski definition) is 0. The minimum absolute atomic E-state index is 0.162. The Bertz CT molecular complexity index is 855. The van der Waals surface area contributed by atoms with Crippen molar-refractivity contribution >= 4 is 44.4 Å². The molecule has 0 unspecified atom stereocenters. The number of hydrogen-bond acceptors (Lipinski definition) is 2. The molecule has 0 aliphatic heterocycles. The molecule has 3 aromatic rings. The first-order chi connectivity index (χ1) is 11.2. The molecule has 2 nitrogen and oxygen atoms in total. The fraction of sp³-hybridized carbons (Fsp3) is 0.250. The summed E-state index contributed by atoms with van der Waals surface area (Å²) in [7, 11) is 0. The summed E-state index contributed by atoms with van der Waals surface area (Å²) in [4.78, 5) is 9.64. The van der Waals surface area contributed by atoms with Crippen LogP contribution in [-0.2, 0) is 21.4 Å². The van der Waals surface area contributed by atoms with Gasteiger partial charge in [-0.15, -0.1) is 0 Å². The maximum Gasteiger partial charge on any atom is -0.0102 e. The third-order valence-electron chi connectivity index (χ3n) is 4.54. The largest absolute Gasteiger partial charge is 0.0616 e. The first-order valence-corrected chi connectivity index (χ1v) is 9.89. The monoisotopic (exact) mass is 368 g/mol. The average molecular weight is 367 g/mol. The molecule has 0 N–H and O–H groups in total. The maximum absolute atomic E-state index is 9.64. The molecular weight excluding hydrogens is 345 g/mol. The summed E-state index contributed by atoms with van der Waals surface area (Å²) in [5.74, 6) is -0.162. The van der Waals surface area contributed by atoms with E-state index in [4.69, 9.17) is 0 Å². The molecule has 23 heavy (non-hydrogen) atoms. The van der Waals surface area contributed by atoms with Gasteiger partial charge in [0.1, 0.15) is 0 Å². The fourth-order valence-electron chi connectivity index (χ4n) is 3.34. The van der Waals surface area contributed by atoms with E-state index in [1.165, 1.54) is 54.2 Å². The Morgan fingerprint density at radius 3 is 2.39 bits per heavy atom. The van der Waals surface area contributed by atoms with Gasteiger partial charge in [-0.3, -0.25) is 0 Å². The van der Waals surface area contributed by atoms with Crippen LogP contribution in [0.5, 0.6) is 0 Å². The van der Waals surface area contributed by atoms with Crippen LogP contribution in [0, 0.1) is 0 Å². The molecule has 4 rings (SSSR count). The van der Waals surface area contributed by atoms with Gasteiger partial charge in [0.05, 0.1) is 0 Å². The zero-order valence-electron chi connectivity index (χ0n) is 13.8. The number of benzene rings is 3. The van der Waals surface area contributed by atoms with E-state index in [0.717, 1.165) is 0 Å². The van der Waals surface area contributed by atoms with E-state index in [1.807, 2.05) is 0 Å². The van der Waals surface area contributed by atoms with Crippen LogP contribution in [0.15, 0.2) is 48.5 Å². The van der Waals surface area contributed by atoms with Gasteiger partial charge in [-0.2, -0.15) is 0 Å². The number of aryl methyl sites for hydroxylation is 2. The van der Waals surface area contributed by atoms with Gasteiger partial charge in [0, 0.05) is 0 Å². The van der Waals surface area contributed by atoms with Crippen LogP contribution < -0.4 is 0 Å². The van der Waals surface area contributed by atoms with E-state index in [-0.39, 0.29) is 22.8 Å². The second kappa shape index (κ2) is 7.18. The van der Waals surface area contributed by atoms with E-state index in [9.17, 15) is 4.79 Å². The molecule has 0 heterocycles. The number of fused-ring (bicyclic) bond motifs is 5. The summed E-state index contributed by atoms with van der Waals surface area (Å²) in [5, 5.41) is 5.64. The van der Waals surface area contributed by atoms with Crippen molar-refractivity contribution in [2.75, 3.05) is 0 Å². The summed E-state index contributed by atoms with van der Waals surface area (Å²) in [5.41, 5.74) is 3.17. The van der Waals surface area contributed by atoms with Gasteiger partial charge in [0.15, 0.2) is 0 Å². The van der Waals surface area contributed by atoms with Gasteiger partial charge in [-0.05, 0) is 58.4 Å². The first kappa shape index (κ1) is 16.1. The molecular formula is C20H22GeO2. The van der Waals surface area contributed by atoms with Crippen LogP contribution in [0.2, 0.25) is 0 Å². The van der Waals surface area contributed by atoms with Crippen molar-refractivity contribution in [2.24, 2.45) is 0 Å². The van der Waals surface area contributed by atoms with E-state index < -0.39 is 0 Å². The number of carbonyl (C=O) groups is 1. The van der Waals surface area contributed by atoms with Crippen molar-refractivity contribution in [3.05, 3.63) is 59.7 Å². The van der Waals surface area contributed by atoms with Crippen molar-refractivity contribution in [1.29, 1.82) is 0 Å². The maximum atomic E-state index is 9.64. The molecule has 0 radical (unpaired) electrons. The Hall–Kier alpha value is -1.81. The summed E-state index contributed by atoms with van der Waals surface area (Å²) in [6.07, 6.45) is 5.22. The third kappa shape index (κ3) is 3.42. The second-order valence-corrected chi connectivity index (χ2v) is 6.84. The average Bonchev–Trinajstić information content (AvgIpc) is 2.61. The molecule has 0 saturated carbocycles. The molecule has 118 valence electrons. The van der Waals surface area contributed by atoms with Crippen molar-refractivity contribution in [3.63, 3.8) is 0 Å². The van der Waals surface area contributed by atoms with Crippen LogP contribution in [0.25, 0.3) is 21.5 Å². The van der Waals surface area contributed by atoms with Gasteiger partial charge >= 0.3 is 38.3 Å². The van der Waals surface area contributed by atoms with E-state index >= 15 is 0 Å². The Kier molecular flexibility index (Phi) is 5.01. The Morgan fingerprint density at radius 1 is 0.913 bits per heavy atom. The standard InChI is InChI=1S/C18H16.C2H6GeO2/c1-3-7-15-13(5-1)9-11-18-16-8-4-2-6-14(16)10-12-17(15)18;1-2(4)5-3/h1,3,5,7,9-12H,2,4,6,8H2;1,3H3. The molecule has 0 bridgehead atoms. The Balaban J connectivity index is 0.000000276. The minimum Gasteiger partial charge on any atom is -0.0616 e. The van der Waals surface area contributed by atoms with Crippen LogP contribution >= 0.6 is 0 Å². The van der Waals surface area contributed by atoms with Crippen LogP contribution in [0.1, 0.15) is 30.9 Å². The van der Waals surface area contributed by atoms with Gasteiger partial charge in [0.2, 0.25) is 0 Å². The van der Waals surface area contributed by atoms with Crippen molar-refractivity contribution in [2.45, 2.75) is 32.6 Å². The first-order valence-electron chi connectivity index (χ1n) is 8.17. The zero-order valence-corrected chi connectivity index (χ0v) is 18.0. The van der Waals surface area contributed by atoms with E-state index in [1.54, 1.807) is 11.1 Å². The summed E-state index contributed by atoms with van der Waals surface area (Å²) >= 11 is 0.235. The summed E-state index contributed by atoms with van der Waals surface area (Å²) < 4.78 is 4.30. The predicted molar refractivity (Wildman–Crippen MR) is 99.8 cm³/mol. The number of carbonyl (C=O) groups excluding carboxylic acids is 1. The Labute approximate surface area is 145 Å². The third-order valence-corrected chi connectivity index (χ3v) is 5.75. The quantitative estimate of drug-likeness (QED) is 0.448. The topological polar surface area (TPSA) is 26.3 Å². The molecule has 0 spiro atoms. The smallest absolute Gasteiger partial charge is 0.0102 e. The van der Waals surface area contributed by atoms with Gasteiger partial charge < -0.3 is 0 Å². The van der Waals surface area contributed by atoms with Gasteiger partial charge in [-0.1, -0.05) is 48.5 Å². The predicted octanol–water partition coefficient (Wildman–Crippen LogP) is 3.70. The van der Waals surface area contributed by atoms with E-state index in [2.05, 4.69) is 52.3 Å². The molecule has 1 aliphatic rings. The van der Waals surface area contributed by atoms with Crippen LogP contribution in [0.4, 0.5) is 0 Å². The summed E-state index contributed by atoms with van der Waals surface area (Å²) in [6.45, 7) is 1.41. The number of rotatable bonds is 0. The van der Waals surface area contributed by atoms with Crippen molar-refractivity contribution < 1.29 is 8.56 Å². The normalized spacial score (nSPS) is 13.3. The van der Waals surface area contributed by atoms with Crippen LogP contribution in [-0.4, -0.2) is 22.8 Å². The van der Waals surface area contributed by atoms with E-state index in [0.29, 0.717) is 0 Å². The molecule has 3 aromatic carbocycles. The molecule has 0 atom stereocenters. The minimum atomic E-state index is -0.162. The van der Waals surface area contributed by atoms with Crippen molar-refractivity contribution in [3.8, 4) is 0 Å². The second-order valence-electron chi connectivity index (χ2n) is 5.99. The molecule has 0 aromatic heterocycles. The molecule has 1 aliphatic carbocycles. The molecule has 0 fully saturated rings. The van der Waals surface area contributed by atoms with Crippen molar-refractivity contribution in [1.82, 2.24) is 0 Å². The SMILES string of the molecule is CC(=O)[O][GeH3].c1ccc2c(c1)ccc1c3c(ccc12)CCCC3. The van der Waals surface area contributed by atoms with Gasteiger partial charge in [0.25, 0.3) is 0 Å². The molecule has 0 saturated heterocycles. The molecule has 3 heteroatoms. The zero-order chi connectivity index (χ0) is 16.2. The Morgan fingerprint density at radius 2 is 1.61 bits per heavy atom. The molecule has 0 amide bonds. The van der Waals surface area contributed by atoms with Gasteiger partial charge in [-0.25, -0.2) is 0 Å². The fourth-order valence-corrected chi connectivity index (χ4v) is 3.34. The summed E-state index contributed by atoms with van der Waals surface area (Å²) in [6, 6.07) is 18.0. The van der Waals surface area contributed by atoms with Crippen LogP contribution in [0.3, 0.4) is 0 Å².